The monoisotopic (exact) mass is 311 g/mol. The Bertz CT molecular complexity index is 379. The summed E-state index contributed by atoms with van der Waals surface area (Å²) in [6, 6.07) is 9.01. The van der Waals surface area contributed by atoms with Gasteiger partial charge in [0.1, 0.15) is 0 Å². The first-order chi connectivity index (χ1) is 8.70. The van der Waals surface area contributed by atoms with Crippen LogP contribution in [0.25, 0.3) is 0 Å². The van der Waals surface area contributed by atoms with Gasteiger partial charge in [0, 0.05) is 23.7 Å². The molecule has 0 spiro atoms. The normalized spacial score (nSPS) is 18.6. The van der Waals surface area contributed by atoms with Crippen molar-refractivity contribution in [1.29, 1.82) is 0 Å². The van der Waals surface area contributed by atoms with E-state index in [-0.39, 0.29) is 0 Å². The zero-order chi connectivity index (χ0) is 13.0. The third-order valence-electron chi connectivity index (χ3n) is 3.74. The van der Waals surface area contributed by atoms with Gasteiger partial charge in [-0.1, -0.05) is 35.0 Å². The van der Waals surface area contributed by atoms with Crippen LogP contribution in [0.2, 0.25) is 0 Å². The van der Waals surface area contributed by atoms with Gasteiger partial charge in [-0.3, -0.25) is 0 Å². The zero-order valence-electron chi connectivity index (χ0n) is 10.9. The Morgan fingerprint density at radius 2 is 2.22 bits per heavy atom. The molecule has 2 nitrogen and oxygen atoms in total. The molecule has 1 aromatic carbocycles. The lowest BCUT2D eigenvalue weighted by molar-refractivity contribution is 0.255. The predicted octanol–water partition coefficient (Wildman–Crippen LogP) is 3.30. The first-order valence-corrected chi connectivity index (χ1v) is 7.59. The largest absolute Gasteiger partial charge is 0.396 e. The summed E-state index contributed by atoms with van der Waals surface area (Å²) in [6.07, 6.45) is 3.53. The van der Waals surface area contributed by atoms with Crippen LogP contribution in [0.1, 0.15) is 37.7 Å². The molecule has 18 heavy (non-hydrogen) atoms. The van der Waals surface area contributed by atoms with Crippen molar-refractivity contribution in [2.45, 2.75) is 38.1 Å². The Hall–Kier alpha value is -0.380. The van der Waals surface area contributed by atoms with E-state index in [0.717, 1.165) is 23.4 Å². The van der Waals surface area contributed by atoms with Crippen LogP contribution in [0, 0.1) is 5.92 Å². The molecule has 0 heterocycles. The standard InChI is InChI=1S/C15H22BrNO/c1-11(13-3-2-4-14(16)9-13)10-17-15(7-8-18)12-5-6-12/h2-4,9,11-12,15,17-18H,5-8,10H2,1H3. The van der Waals surface area contributed by atoms with Crippen molar-refractivity contribution in [3.05, 3.63) is 34.3 Å². The molecule has 0 radical (unpaired) electrons. The van der Waals surface area contributed by atoms with E-state index >= 15 is 0 Å². The number of rotatable bonds is 7. The molecule has 2 atom stereocenters. The highest BCUT2D eigenvalue weighted by atomic mass is 79.9. The van der Waals surface area contributed by atoms with Crippen molar-refractivity contribution in [2.75, 3.05) is 13.2 Å². The van der Waals surface area contributed by atoms with E-state index in [4.69, 9.17) is 5.11 Å². The lowest BCUT2D eigenvalue weighted by atomic mass is 10.00. The second-order valence-electron chi connectivity index (χ2n) is 5.32. The van der Waals surface area contributed by atoms with E-state index in [1.165, 1.54) is 18.4 Å². The molecule has 3 heteroatoms. The molecule has 2 N–H and O–H groups in total. The average molecular weight is 312 g/mol. The van der Waals surface area contributed by atoms with Crippen molar-refractivity contribution in [2.24, 2.45) is 5.92 Å². The Morgan fingerprint density at radius 3 is 2.83 bits per heavy atom. The number of benzene rings is 1. The third-order valence-corrected chi connectivity index (χ3v) is 4.23. The second kappa shape index (κ2) is 6.69. The topological polar surface area (TPSA) is 32.3 Å². The van der Waals surface area contributed by atoms with Gasteiger partial charge in [0.15, 0.2) is 0 Å². The molecule has 2 rings (SSSR count). The van der Waals surface area contributed by atoms with E-state index in [0.29, 0.717) is 18.6 Å². The SMILES string of the molecule is CC(CNC(CCO)C1CC1)c1cccc(Br)c1. The fraction of sp³-hybridized carbons (Fsp3) is 0.600. The van der Waals surface area contributed by atoms with E-state index < -0.39 is 0 Å². The fourth-order valence-electron chi connectivity index (χ4n) is 2.40. The molecule has 0 aromatic heterocycles. The minimum absolute atomic E-state index is 0.291. The summed E-state index contributed by atoms with van der Waals surface area (Å²) in [5, 5.41) is 12.7. The number of aliphatic hydroxyl groups excluding tert-OH is 1. The molecule has 0 amide bonds. The highest BCUT2D eigenvalue weighted by Crippen LogP contribution is 2.34. The maximum Gasteiger partial charge on any atom is 0.0445 e. The van der Waals surface area contributed by atoms with Crippen LogP contribution in [-0.4, -0.2) is 24.3 Å². The summed E-state index contributed by atoms with van der Waals surface area (Å²) in [5.41, 5.74) is 1.36. The van der Waals surface area contributed by atoms with Crippen LogP contribution in [0.4, 0.5) is 0 Å². The predicted molar refractivity (Wildman–Crippen MR) is 78.8 cm³/mol. The van der Waals surface area contributed by atoms with Gasteiger partial charge in [0.05, 0.1) is 0 Å². The van der Waals surface area contributed by atoms with Crippen molar-refractivity contribution < 1.29 is 5.11 Å². The number of halogens is 1. The minimum Gasteiger partial charge on any atom is -0.396 e. The van der Waals surface area contributed by atoms with Gasteiger partial charge in [-0.2, -0.15) is 0 Å². The van der Waals surface area contributed by atoms with Gasteiger partial charge in [-0.05, 0) is 48.8 Å². The molecular formula is C15H22BrNO. The molecule has 0 bridgehead atoms. The van der Waals surface area contributed by atoms with Crippen LogP contribution >= 0.6 is 15.9 Å². The summed E-state index contributed by atoms with van der Waals surface area (Å²) < 4.78 is 1.14. The smallest absolute Gasteiger partial charge is 0.0445 e. The van der Waals surface area contributed by atoms with Gasteiger partial charge in [-0.25, -0.2) is 0 Å². The Balaban J connectivity index is 1.84. The van der Waals surface area contributed by atoms with Crippen LogP contribution in [0.15, 0.2) is 28.7 Å². The average Bonchev–Trinajstić information content (AvgIpc) is 3.18. The Kier molecular flexibility index (Phi) is 5.22. The first kappa shape index (κ1) is 14.0. The van der Waals surface area contributed by atoms with Crippen LogP contribution in [0.5, 0.6) is 0 Å². The molecule has 100 valence electrons. The lowest BCUT2D eigenvalue weighted by Crippen LogP contribution is -2.34. The summed E-state index contributed by atoms with van der Waals surface area (Å²) >= 11 is 3.52. The van der Waals surface area contributed by atoms with Crippen LogP contribution in [-0.2, 0) is 0 Å². The minimum atomic E-state index is 0.291. The molecule has 1 aliphatic rings. The molecule has 1 aliphatic carbocycles. The number of nitrogens with one attached hydrogen (secondary N) is 1. The number of aliphatic hydroxyl groups is 1. The highest BCUT2D eigenvalue weighted by molar-refractivity contribution is 9.10. The first-order valence-electron chi connectivity index (χ1n) is 6.80. The van der Waals surface area contributed by atoms with Crippen molar-refractivity contribution in [3.8, 4) is 0 Å². The fourth-order valence-corrected chi connectivity index (χ4v) is 2.82. The molecule has 1 fully saturated rings. The summed E-state index contributed by atoms with van der Waals surface area (Å²) in [5.74, 6) is 1.30. The number of hydrogen-bond acceptors (Lipinski definition) is 2. The summed E-state index contributed by atoms with van der Waals surface area (Å²) in [7, 11) is 0. The van der Waals surface area contributed by atoms with Gasteiger partial charge in [0.2, 0.25) is 0 Å². The maximum absolute atomic E-state index is 9.09. The van der Waals surface area contributed by atoms with E-state index in [1.807, 2.05) is 0 Å². The Labute approximate surface area is 118 Å². The van der Waals surface area contributed by atoms with Crippen molar-refractivity contribution in [1.82, 2.24) is 5.32 Å². The van der Waals surface area contributed by atoms with Crippen LogP contribution < -0.4 is 5.32 Å². The van der Waals surface area contributed by atoms with E-state index in [9.17, 15) is 0 Å². The van der Waals surface area contributed by atoms with Gasteiger partial charge >= 0.3 is 0 Å². The molecule has 1 saturated carbocycles. The molecular weight excluding hydrogens is 290 g/mol. The van der Waals surface area contributed by atoms with E-state index in [2.05, 4.69) is 52.4 Å². The molecule has 1 aromatic rings. The highest BCUT2D eigenvalue weighted by Gasteiger charge is 2.30. The zero-order valence-corrected chi connectivity index (χ0v) is 12.5. The van der Waals surface area contributed by atoms with Gasteiger partial charge < -0.3 is 10.4 Å². The molecule has 2 unspecified atom stereocenters. The Morgan fingerprint density at radius 1 is 1.44 bits per heavy atom. The maximum atomic E-state index is 9.09. The van der Waals surface area contributed by atoms with Gasteiger partial charge in [-0.15, -0.1) is 0 Å². The van der Waals surface area contributed by atoms with Crippen molar-refractivity contribution >= 4 is 15.9 Å². The van der Waals surface area contributed by atoms with E-state index in [1.54, 1.807) is 0 Å². The summed E-state index contributed by atoms with van der Waals surface area (Å²) in [6.45, 7) is 3.52. The lowest BCUT2D eigenvalue weighted by Gasteiger charge is -2.20. The molecule has 0 saturated heterocycles. The summed E-state index contributed by atoms with van der Waals surface area (Å²) in [4.78, 5) is 0. The quantitative estimate of drug-likeness (QED) is 0.810. The molecule has 0 aliphatic heterocycles. The van der Waals surface area contributed by atoms with Crippen molar-refractivity contribution in [3.63, 3.8) is 0 Å². The van der Waals surface area contributed by atoms with Gasteiger partial charge in [0.25, 0.3) is 0 Å². The third kappa shape index (κ3) is 4.08. The van der Waals surface area contributed by atoms with Crippen LogP contribution in [0.3, 0.4) is 0 Å². The second-order valence-corrected chi connectivity index (χ2v) is 6.24. The number of hydrogen-bond donors (Lipinski definition) is 2.